The largest absolute Gasteiger partial charge is 0.497 e. The highest BCUT2D eigenvalue weighted by molar-refractivity contribution is 5.81. The lowest BCUT2D eigenvalue weighted by Gasteiger charge is -2.33. The summed E-state index contributed by atoms with van der Waals surface area (Å²) in [7, 11) is 3.19. The monoisotopic (exact) mass is 660 g/mol. The van der Waals surface area contributed by atoms with Crippen LogP contribution in [0.1, 0.15) is 56.1 Å². The Hall–Kier alpha value is -3.26. The molecule has 264 valence electrons. The summed E-state index contributed by atoms with van der Waals surface area (Å²) in [6, 6.07) is 13.0. The molecule has 0 saturated carbocycles. The molecule has 0 spiro atoms. The second kappa shape index (κ2) is 23.1. The van der Waals surface area contributed by atoms with Crippen LogP contribution in [0.15, 0.2) is 42.5 Å². The van der Waals surface area contributed by atoms with Crippen LogP contribution in [0.5, 0.6) is 17.2 Å². The van der Waals surface area contributed by atoms with Crippen LogP contribution in [-0.4, -0.2) is 98.3 Å². The highest BCUT2D eigenvalue weighted by Gasteiger charge is 2.36. The number of methoxy groups -OCH3 is 2. The van der Waals surface area contributed by atoms with E-state index in [1.807, 2.05) is 37.3 Å². The average molecular weight is 661 g/mol. The fourth-order valence-corrected chi connectivity index (χ4v) is 5.13. The minimum Gasteiger partial charge on any atom is -0.497 e. The maximum Gasteiger partial charge on any atom is 0.257 e. The van der Waals surface area contributed by atoms with Crippen molar-refractivity contribution in [2.24, 2.45) is 22.6 Å². The van der Waals surface area contributed by atoms with E-state index < -0.39 is 5.41 Å². The first-order chi connectivity index (χ1) is 22.8. The standard InChI is InChI=1S/C35H56N4O8/c1-4-39-34(41)23-47-29-10-8-27(9-11-29)32(31-13-12-30(42-2)21-33(31)43-3)20-28(40)22-35(24-44-17-5-14-36,25-45-18-6-15-37)26-46-19-7-16-38/h8-13,21,32H,4-7,14-20,22-26,36-38H2,1-3H3,(H,39,41). The summed E-state index contributed by atoms with van der Waals surface area (Å²) in [5, 5.41) is 2.72. The molecular weight excluding hydrogens is 604 g/mol. The Kier molecular flexibility index (Phi) is 19.6. The molecule has 0 radical (unpaired) electrons. The Balaban J connectivity index is 2.41. The number of hydrogen-bond acceptors (Lipinski definition) is 11. The Morgan fingerprint density at radius 3 is 1.83 bits per heavy atom. The normalized spacial score (nSPS) is 12.0. The number of Topliss-reactive ketones (excluding diaryl/α,β-unsaturated/α-hetero) is 1. The smallest absolute Gasteiger partial charge is 0.257 e. The third-order valence-corrected chi connectivity index (χ3v) is 7.55. The topological polar surface area (TPSA) is 180 Å². The number of ketones is 1. The van der Waals surface area contributed by atoms with E-state index >= 15 is 0 Å². The molecule has 2 aromatic rings. The lowest BCUT2D eigenvalue weighted by atomic mass is 9.80. The highest BCUT2D eigenvalue weighted by atomic mass is 16.5. The van der Waals surface area contributed by atoms with Crippen LogP contribution in [0.2, 0.25) is 0 Å². The molecule has 12 nitrogen and oxygen atoms in total. The van der Waals surface area contributed by atoms with E-state index in [1.54, 1.807) is 26.4 Å². The quantitative estimate of drug-likeness (QED) is 0.104. The van der Waals surface area contributed by atoms with Gasteiger partial charge in [-0.1, -0.05) is 18.2 Å². The molecule has 7 N–H and O–H groups in total. The molecule has 0 bridgehead atoms. The number of carbonyl (C=O) groups excluding carboxylic acids is 2. The van der Waals surface area contributed by atoms with Gasteiger partial charge < -0.3 is 50.9 Å². The summed E-state index contributed by atoms with van der Waals surface area (Å²) < 4.78 is 35.0. The molecule has 12 heteroatoms. The number of amides is 1. The van der Waals surface area contributed by atoms with Crippen LogP contribution in [0.3, 0.4) is 0 Å². The molecule has 0 fully saturated rings. The predicted octanol–water partition coefficient (Wildman–Crippen LogP) is 2.78. The van der Waals surface area contributed by atoms with Crippen molar-refractivity contribution in [2.75, 3.05) is 86.6 Å². The predicted molar refractivity (Wildman–Crippen MR) is 182 cm³/mol. The molecule has 0 aliphatic rings. The van der Waals surface area contributed by atoms with E-state index in [0.717, 1.165) is 11.1 Å². The maximum atomic E-state index is 14.1. The molecule has 0 aromatic heterocycles. The van der Waals surface area contributed by atoms with Gasteiger partial charge in [0.15, 0.2) is 6.61 Å². The van der Waals surface area contributed by atoms with Gasteiger partial charge in [0, 0.05) is 62.2 Å². The molecule has 0 aliphatic carbocycles. The van der Waals surface area contributed by atoms with Crippen LogP contribution in [-0.2, 0) is 23.8 Å². The fourth-order valence-electron chi connectivity index (χ4n) is 5.13. The van der Waals surface area contributed by atoms with Gasteiger partial charge in [-0.3, -0.25) is 9.59 Å². The van der Waals surface area contributed by atoms with Gasteiger partial charge in [0.2, 0.25) is 0 Å². The van der Waals surface area contributed by atoms with E-state index in [9.17, 15) is 9.59 Å². The summed E-state index contributed by atoms with van der Waals surface area (Å²) in [6.07, 6.45) is 2.46. The molecule has 0 saturated heterocycles. The molecule has 1 unspecified atom stereocenters. The zero-order chi connectivity index (χ0) is 34.3. The minimum absolute atomic E-state index is 0.0108. The Bertz CT molecular complexity index is 1130. The zero-order valence-corrected chi connectivity index (χ0v) is 28.4. The van der Waals surface area contributed by atoms with Crippen molar-refractivity contribution in [3.8, 4) is 17.2 Å². The molecular formula is C35H56N4O8. The maximum absolute atomic E-state index is 14.1. The van der Waals surface area contributed by atoms with Crippen molar-refractivity contribution < 1.29 is 38.0 Å². The lowest BCUT2D eigenvalue weighted by Crippen LogP contribution is -2.40. The SMILES string of the molecule is CCNC(=O)COc1ccc(C(CC(=O)CC(COCCCN)(COCCCN)COCCCN)c2ccc(OC)cc2OC)cc1. The fraction of sp³-hybridized carbons (Fsp3) is 0.600. The summed E-state index contributed by atoms with van der Waals surface area (Å²) in [6.45, 7) is 6.06. The van der Waals surface area contributed by atoms with E-state index in [0.29, 0.717) is 82.5 Å². The number of rotatable bonds is 27. The summed E-state index contributed by atoms with van der Waals surface area (Å²) in [4.78, 5) is 26.0. The summed E-state index contributed by atoms with van der Waals surface area (Å²) in [5.74, 6) is 1.25. The second-order valence-corrected chi connectivity index (χ2v) is 11.5. The third-order valence-electron chi connectivity index (χ3n) is 7.55. The van der Waals surface area contributed by atoms with E-state index in [2.05, 4.69) is 5.32 Å². The number of benzene rings is 2. The highest BCUT2D eigenvalue weighted by Crippen LogP contribution is 2.39. The number of hydrogen-bond donors (Lipinski definition) is 4. The van der Waals surface area contributed by atoms with Gasteiger partial charge >= 0.3 is 0 Å². The van der Waals surface area contributed by atoms with Gasteiger partial charge in [-0.2, -0.15) is 0 Å². The van der Waals surface area contributed by atoms with E-state index in [1.165, 1.54) is 0 Å². The van der Waals surface area contributed by atoms with E-state index in [4.69, 9.17) is 45.6 Å². The molecule has 1 atom stereocenters. The van der Waals surface area contributed by atoms with Crippen LogP contribution in [0, 0.1) is 5.41 Å². The van der Waals surface area contributed by atoms with Gasteiger partial charge in [0.1, 0.15) is 23.0 Å². The molecule has 47 heavy (non-hydrogen) atoms. The first kappa shape index (κ1) is 39.9. The molecule has 0 aliphatic heterocycles. The van der Waals surface area contributed by atoms with Crippen molar-refractivity contribution in [1.82, 2.24) is 5.32 Å². The Morgan fingerprint density at radius 1 is 0.787 bits per heavy atom. The number of nitrogens with one attached hydrogen (secondary N) is 1. The molecule has 2 rings (SSSR count). The Morgan fingerprint density at radius 2 is 1.34 bits per heavy atom. The molecule has 2 aromatic carbocycles. The van der Waals surface area contributed by atoms with Crippen LogP contribution < -0.4 is 36.7 Å². The van der Waals surface area contributed by atoms with Crippen molar-refractivity contribution in [3.05, 3.63) is 53.6 Å². The molecule has 0 heterocycles. The van der Waals surface area contributed by atoms with Gasteiger partial charge in [-0.15, -0.1) is 0 Å². The van der Waals surface area contributed by atoms with Crippen molar-refractivity contribution >= 4 is 11.7 Å². The molecule has 1 amide bonds. The van der Waals surface area contributed by atoms with Crippen LogP contribution in [0.4, 0.5) is 0 Å². The van der Waals surface area contributed by atoms with E-state index in [-0.39, 0.29) is 56.9 Å². The van der Waals surface area contributed by atoms with Gasteiger partial charge in [0.25, 0.3) is 5.91 Å². The number of ether oxygens (including phenoxy) is 6. The first-order valence-corrected chi connectivity index (χ1v) is 16.4. The number of carbonyl (C=O) groups is 2. The summed E-state index contributed by atoms with van der Waals surface area (Å²) in [5.41, 5.74) is 18.1. The first-order valence-electron chi connectivity index (χ1n) is 16.4. The van der Waals surface area contributed by atoms with Gasteiger partial charge in [-0.05, 0) is 69.6 Å². The van der Waals surface area contributed by atoms with Crippen LogP contribution >= 0.6 is 0 Å². The van der Waals surface area contributed by atoms with Gasteiger partial charge in [0.05, 0.1) is 34.0 Å². The van der Waals surface area contributed by atoms with Gasteiger partial charge in [-0.25, -0.2) is 0 Å². The minimum atomic E-state index is -0.722. The zero-order valence-electron chi connectivity index (χ0n) is 28.4. The van der Waals surface area contributed by atoms with Crippen molar-refractivity contribution in [1.29, 1.82) is 0 Å². The van der Waals surface area contributed by atoms with Crippen LogP contribution in [0.25, 0.3) is 0 Å². The Labute approximate surface area is 279 Å². The summed E-state index contributed by atoms with van der Waals surface area (Å²) >= 11 is 0. The van der Waals surface area contributed by atoms with Crippen molar-refractivity contribution in [3.63, 3.8) is 0 Å². The third kappa shape index (κ3) is 14.6. The lowest BCUT2D eigenvalue weighted by molar-refractivity contribution is -0.129. The number of likely N-dealkylation sites (N-methyl/N-ethyl adjacent to an activating group) is 1. The average Bonchev–Trinajstić information content (AvgIpc) is 3.08. The van der Waals surface area contributed by atoms with Crippen molar-refractivity contribution in [2.45, 2.75) is 44.9 Å². The number of nitrogens with two attached hydrogens (primary N) is 3. The second-order valence-electron chi connectivity index (χ2n) is 11.5.